The average Bonchev–Trinajstić information content (AvgIpc) is 2.87. The number of rotatable bonds is 7. The number of aromatic amines is 1. The van der Waals surface area contributed by atoms with Crippen LogP contribution in [-0.4, -0.2) is 41.9 Å². The number of imidazole rings is 1. The van der Waals surface area contributed by atoms with Crippen LogP contribution in [0.4, 0.5) is 0 Å². The molecule has 2 rings (SSSR count). The fraction of sp³-hybridized carbons (Fsp3) is 0.643. The lowest BCUT2D eigenvalue weighted by Gasteiger charge is -2.11. The number of aryl methyl sites for hydroxylation is 2. The summed E-state index contributed by atoms with van der Waals surface area (Å²) in [5.74, 6) is 0.976. The largest absolute Gasteiger partial charge is 0.391 e. The first kappa shape index (κ1) is 18.1. The third-order valence-corrected chi connectivity index (χ3v) is 4.96. The van der Waals surface area contributed by atoms with Crippen LogP contribution in [0.2, 0.25) is 0 Å². The van der Waals surface area contributed by atoms with E-state index in [0.717, 1.165) is 6.42 Å². The molecule has 0 saturated heterocycles. The van der Waals surface area contributed by atoms with Crippen LogP contribution in [0.3, 0.4) is 0 Å². The minimum atomic E-state index is -0.651. The van der Waals surface area contributed by atoms with Crippen LogP contribution in [0, 0.1) is 5.92 Å². The molecule has 0 radical (unpaired) electrons. The van der Waals surface area contributed by atoms with E-state index < -0.39 is 17.4 Å². The Morgan fingerprint density at radius 3 is 2.70 bits per heavy atom. The van der Waals surface area contributed by atoms with E-state index in [1.54, 1.807) is 7.05 Å². The van der Waals surface area contributed by atoms with Gasteiger partial charge in [-0.1, -0.05) is 25.6 Å². The molecule has 2 heterocycles. The highest BCUT2D eigenvalue weighted by molar-refractivity contribution is 7.99. The predicted octanol–water partition coefficient (Wildman–Crippen LogP) is 1.16. The van der Waals surface area contributed by atoms with E-state index in [9.17, 15) is 14.7 Å². The van der Waals surface area contributed by atoms with Gasteiger partial charge >= 0.3 is 5.69 Å². The first-order chi connectivity index (χ1) is 10.8. The van der Waals surface area contributed by atoms with E-state index in [4.69, 9.17) is 11.6 Å². The van der Waals surface area contributed by atoms with Gasteiger partial charge in [-0.2, -0.15) is 0 Å². The maximum atomic E-state index is 12.2. The topological polar surface area (TPSA) is 92.9 Å². The van der Waals surface area contributed by atoms with Gasteiger partial charge in [0, 0.05) is 25.2 Å². The van der Waals surface area contributed by atoms with Crippen molar-refractivity contribution in [3.8, 4) is 0 Å². The third-order valence-electron chi connectivity index (χ3n) is 3.49. The molecular formula is C14H21ClN4O3S. The van der Waals surface area contributed by atoms with Gasteiger partial charge in [0.1, 0.15) is 0 Å². The number of H-pyrrole nitrogens is 1. The summed E-state index contributed by atoms with van der Waals surface area (Å²) in [4.78, 5) is 30.7. The number of alkyl halides is 1. The number of thioether (sulfide) groups is 1. The minimum Gasteiger partial charge on any atom is -0.391 e. The summed E-state index contributed by atoms with van der Waals surface area (Å²) in [6, 6.07) is 0. The van der Waals surface area contributed by atoms with Crippen molar-refractivity contribution in [2.75, 3.05) is 11.6 Å². The molecule has 128 valence electrons. The molecule has 2 aromatic heterocycles. The number of hydrogen-bond acceptors (Lipinski definition) is 5. The smallest absolute Gasteiger partial charge is 0.329 e. The second-order valence-corrected chi connectivity index (χ2v) is 7.13. The van der Waals surface area contributed by atoms with Gasteiger partial charge in [0.25, 0.3) is 5.56 Å². The molecule has 0 unspecified atom stereocenters. The molecule has 0 amide bonds. The lowest BCUT2D eigenvalue weighted by atomic mass is 10.1. The second-order valence-electron chi connectivity index (χ2n) is 5.84. The quantitative estimate of drug-likeness (QED) is 0.571. The lowest BCUT2D eigenvalue weighted by molar-refractivity contribution is 0.223. The number of fused-ring (bicyclic) bond motifs is 1. The Morgan fingerprint density at radius 1 is 1.39 bits per heavy atom. The number of hydrogen-bond donors (Lipinski definition) is 2. The van der Waals surface area contributed by atoms with Crippen LogP contribution >= 0.6 is 23.4 Å². The molecule has 0 bridgehead atoms. The summed E-state index contributed by atoms with van der Waals surface area (Å²) < 4.78 is 3.14. The molecule has 2 N–H and O–H groups in total. The van der Waals surface area contributed by atoms with E-state index in [1.165, 1.54) is 16.3 Å². The first-order valence-corrected chi connectivity index (χ1v) is 8.93. The summed E-state index contributed by atoms with van der Waals surface area (Å²) in [7, 11) is 1.57. The van der Waals surface area contributed by atoms with Crippen LogP contribution < -0.4 is 11.2 Å². The summed E-state index contributed by atoms with van der Waals surface area (Å²) in [5, 5.41) is 10.3. The molecule has 0 aliphatic heterocycles. The molecule has 2 aromatic rings. The van der Waals surface area contributed by atoms with E-state index in [2.05, 4.69) is 23.8 Å². The lowest BCUT2D eigenvalue weighted by Crippen LogP contribution is -2.29. The Bertz CT molecular complexity index is 796. The summed E-state index contributed by atoms with van der Waals surface area (Å²) in [5.41, 5.74) is -0.196. The van der Waals surface area contributed by atoms with Crippen molar-refractivity contribution in [1.82, 2.24) is 19.1 Å². The Balaban J connectivity index is 2.53. The van der Waals surface area contributed by atoms with Gasteiger partial charge in [-0.3, -0.25) is 14.3 Å². The molecule has 9 heteroatoms. The predicted molar refractivity (Wildman–Crippen MR) is 92.5 cm³/mol. The number of halogens is 1. The van der Waals surface area contributed by atoms with Gasteiger partial charge in [-0.25, -0.2) is 9.78 Å². The summed E-state index contributed by atoms with van der Waals surface area (Å²) in [6.45, 7) is 4.82. The van der Waals surface area contributed by atoms with Gasteiger partial charge in [0.05, 0.1) is 6.10 Å². The fourth-order valence-corrected chi connectivity index (χ4v) is 3.32. The Hall–Kier alpha value is -1.25. The number of aliphatic hydroxyl groups excluding tert-OH is 1. The molecule has 0 aliphatic carbocycles. The number of aromatic nitrogens is 4. The van der Waals surface area contributed by atoms with Crippen LogP contribution in [-0.2, 0) is 13.6 Å². The van der Waals surface area contributed by atoms with Crippen molar-refractivity contribution in [3.63, 3.8) is 0 Å². The first-order valence-electron chi connectivity index (χ1n) is 7.41. The second kappa shape index (κ2) is 7.55. The minimum absolute atomic E-state index is 0.137. The Kier molecular flexibility index (Phi) is 5.94. The number of nitrogens with zero attached hydrogens (tertiary/aromatic N) is 3. The molecule has 0 fully saturated rings. The van der Waals surface area contributed by atoms with Crippen molar-refractivity contribution in [2.45, 2.75) is 38.1 Å². The highest BCUT2D eigenvalue weighted by Crippen LogP contribution is 2.23. The normalized spacial score (nSPS) is 13.1. The zero-order valence-corrected chi connectivity index (χ0v) is 14.9. The van der Waals surface area contributed by atoms with Crippen LogP contribution in [0.1, 0.15) is 20.3 Å². The van der Waals surface area contributed by atoms with Crippen molar-refractivity contribution in [3.05, 3.63) is 20.8 Å². The van der Waals surface area contributed by atoms with E-state index in [0.29, 0.717) is 34.5 Å². The number of nitrogens with one attached hydrogen (secondary N) is 1. The SMILES string of the molecule is CC(C)CCn1c(SC[C@@H](O)CCl)nc2c1c(=O)[nH]c(=O)n2C. The fourth-order valence-electron chi connectivity index (χ4n) is 2.13. The van der Waals surface area contributed by atoms with Crippen LogP contribution in [0.5, 0.6) is 0 Å². The standard InChI is InChI=1S/C14H21ClN4O3S/c1-8(2)4-5-19-10-11(18(3)13(22)17-12(10)21)16-14(19)23-7-9(20)6-15/h8-9,20H,4-7H2,1-3H3,(H,17,21,22)/t9-/m0/s1. The van der Waals surface area contributed by atoms with Crippen molar-refractivity contribution < 1.29 is 5.11 Å². The van der Waals surface area contributed by atoms with Gasteiger partial charge < -0.3 is 9.67 Å². The van der Waals surface area contributed by atoms with Gasteiger partial charge in [0.2, 0.25) is 0 Å². The molecule has 23 heavy (non-hydrogen) atoms. The van der Waals surface area contributed by atoms with Crippen molar-refractivity contribution >= 4 is 34.5 Å². The molecule has 0 aliphatic rings. The summed E-state index contributed by atoms with van der Waals surface area (Å²) >= 11 is 6.95. The third kappa shape index (κ3) is 3.99. The average molecular weight is 361 g/mol. The monoisotopic (exact) mass is 360 g/mol. The molecule has 0 saturated carbocycles. The zero-order chi connectivity index (χ0) is 17.1. The van der Waals surface area contributed by atoms with E-state index >= 15 is 0 Å². The Labute approximate surface area is 142 Å². The van der Waals surface area contributed by atoms with E-state index in [-0.39, 0.29) is 5.88 Å². The maximum Gasteiger partial charge on any atom is 0.329 e. The van der Waals surface area contributed by atoms with Crippen LogP contribution in [0.15, 0.2) is 14.7 Å². The van der Waals surface area contributed by atoms with Gasteiger partial charge in [0.15, 0.2) is 16.3 Å². The van der Waals surface area contributed by atoms with Crippen molar-refractivity contribution in [1.29, 1.82) is 0 Å². The molecular weight excluding hydrogens is 340 g/mol. The van der Waals surface area contributed by atoms with Gasteiger partial charge in [-0.05, 0) is 12.3 Å². The molecule has 0 spiro atoms. The molecule has 1 atom stereocenters. The summed E-state index contributed by atoms with van der Waals surface area (Å²) in [6.07, 6.45) is 0.224. The van der Waals surface area contributed by atoms with Crippen molar-refractivity contribution in [2.24, 2.45) is 13.0 Å². The maximum absolute atomic E-state index is 12.2. The Morgan fingerprint density at radius 2 is 2.09 bits per heavy atom. The van der Waals surface area contributed by atoms with Crippen LogP contribution in [0.25, 0.3) is 11.2 Å². The number of aliphatic hydroxyl groups is 1. The van der Waals surface area contributed by atoms with E-state index in [1.807, 2.05) is 4.57 Å². The molecule has 7 nitrogen and oxygen atoms in total. The zero-order valence-electron chi connectivity index (χ0n) is 13.4. The highest BCUT2D eigenvalue weighted by Gasteiger charge is 2.18. The molecule has 0 aromatic carbocycles. The highest BCUT2D eigenvalue weighted by atomic mass is 35.5. The van der Waals surface area contributed by atoms with Gasteiger partial charge in [-0.15, -0.1) is 11.6 Å².